The molecule has 1 unspecified atom stereocenters. The lowest BCUT2D eigenvalue weighted by Gasteiger charge is -2.36. The van der Waals surface area contributed by atoms with E-state index < -0.39 is 11.6 Å². The number of nitrogen functional groups attached to an aromatic ring is 1. The molecule has 128 valence electrons. The van der Waals surface area contributed by atoms with E-state index in [2.05, 4.69) is 27.1 Å². The maximum Gasteiger partial charge on any atom is 0.159 e. The van der Waals surface area contributed by atoms with Gasteiger partial charge in [0.25, 0.3) is 0 Å². The average molecular weight is 333 g/mol. The van der Waals surface area contributed by atoms with E-state index in [-0.39, 0.29) is 11.5 Å². The normalized spacial score (nSPS) is 17.8. The summed E-state index contributed by atoms with van der Waals surface area (Å²) in [7, 11) is 0. The lowest BCUT2D eigenvalue weighted by atomic mass is 10.00. The molecule has 2 heterocycles. The quantitative estimate of drug-likeness (QED) is 0.889. The van der Waals surface area contributed by atoms with Crippen molar-refractivity contribution < 1.29 is 8.78 Å². The Morgan fingerprint density at radius 2 is 2.12 bits per heavy atom. The van der Waals surface area contributed by atoms with E-state index in [1.54, 1.807) is 0 Å². The molecule has 3 rings (SSSR count). The number of benzene rings is 1. The molecule has 1 fully saturated rings. The Bertz CT molecular complexity index is 722. The molecular formula is C17H21F2N5. The Hall–Kier alpha value is -2.44. The fourth-order valence-electron chi connectivity index (χ4n) is 3.14. The highest BCUT2D eigenvalue weighted by Gasteiger charge is 2.25. The number of anilines is 4. The van der Waals surface area contributed by atoms with Crippen molar-refractivity contribution in [1.82, 2.24) is 9.97 Å². The minimum atomic E-state index is -0.569. The molecule has 1 atom stereocenters. The lowest BCUT2D eigenvalue weighted by Crippen LogP contribution is -2.40. The number of nitrogens with two attached hydrogens (primary N) is 1. The van der Waals surface area contributed by atoms with Gasteiger partial charge < -0.3 is 16.0 Å². The molecule has 1 aromatic heterocycles. The van der Waals surface area contributed by atoms with E-state index in [1.807, 2.05) is 0 Å². The summed E-state index contributed by atoms with van der Waals surface area (Å²) < 4.78 is 27.2. The maximum atomic E-state index is 13.8. The summed E-state index contributed by atoms with van der Waals surface area (Å²) in [5, 5.41) is 2.78. The largest absolute Gasteiger partial charge is 0.393 e. The first-order valence-corrected chi connectivity index (χ1v) is 8.19. The Kier molecular flexibility index (Phi) is 4.78. The van der Waals surface area contributed by atoms with Gasteiger partial charge in [-0.25, -0.2) is 18.7 Å². The standard InChI is InChI=1S/C17H21F2N5/c1-2-12-5-3-4-8-24(12)17-15(20)16(21-10-22-17)23-14-9-11(18)6-7-13(14)19/h6-7,9-10,12H,2-5,8,20H2,1H3,(H,21,22,23). The van der Waals surface area contributed by atoms with Gasteiger partial charge >= 0.3 is 0 Å². The first kappa shape index (κ1) is 16.4. The van der Waals surface area contributed by atoms with Crippen LogP contribution in [0.4, 0.5) is 31.8 Å². The number of rotatable bonds is 4. The molecule has 0 amide bonds. The van der Waals surface area contributed by atoms with Crippen LogP contribution in [0.1, 0.15) is 32.6 Å². The number of nitrogens with one attached hydrogen (secondary N) is 1. The predicted molar refractivity (Wildman–Crippen MR) is 91.4 cm³/mol. The third-order valence-electron chi connectivity index (χ3n) is 4.41. The topological polar surface area (TPSA) is 67.1 Å². The van der Waals surface area contributed by atoms with Crippen molar-refractivity contribution in [3.8, 4) is 0 Å². The van der Waals surface area contributed by atoms with Gasteiger partial charge in [-0.15, -0.1) is 0 Å². The molecule has 0 bridgehead atoms. The summed E-state index contributed by atoms with van der Waals surface area (Å²) >= 11 is 0. The van der Waals surface area contributed by atoms with Crippen molar-refractivity contribution in [3.05, 3.63) is 36.2 Å². The van der Waals surface area contributed by atoms with Gasteiger partial charge in [-0.05, 0) is 37.8 Å². The van der Waals surface area contributed by atoms with Crippen molar-refractivity contribution >= 4 is 23.0 Å². The summed E-state index contributed by atoms with van der Waals surface area (Å²) in [6.45, 7) is 3.02. The maximum absolute atomic E-state index is 13.8. The number of piperidine rings is 1. The zero-order chi connectivity index (χ0) is 17.1. The summed E-state index contributed by atoms with van der Waals surface area (Å²) in [6, 6.07) is 3.59. The minimum Gasteiger partial charge on any atom is -0.393 e. The molecule has 1 aliphatic heterocycles. The highest BCUT2D eigenvalue weighted by atomic mass is 19.1. The van der Waals surface area contributed by atoms with Crippen molar-refractivity contribution in [2.24, 2.45) is 0 Å². The van der Waals surface area contributed by atoms with Crippen LogP contribution in [-0.2, 0) is 0 Å². The molecular weight excluding hydrogens is 312 g/mol. The smallest absolute Gasteiger partial charge is 0.159 e. The van der Waals surface area contributed by atoms with Crippen LogP contribution in [-0.4, -0.2) is 22.6 Å². The Morgan fingerprint density at radius 3 is 2.92 bits per heavy atom. The van der Waals surface area contributed by atoms with E-state index in [0.29, 0.717) is 17.5 Å². The van der Waals surface area contributed by atoms with Gasteiger partial charge in [0, 0.05) is 18.7 Å². The molecule has 0 radical (unpaired) electrons. The second-order valence-corrected chi connectivity index (χ2v) is 5.96. The molecule has 7 heteroatoms. The van der Waals surface area contributed by atoms with Crippen molar-refractivity contribution in [1.29, 1.82) is 0 Å². The average Bonchev–Trinajstić information content (AvgIpc) is 2.60. The second-order valence-electron chi connectivity index (χ2n) is 5.96. The van der Waals surface area contributed by atoms with Crippen LogP contribution < -0.4 is 16.0 Å². The zero-order valence-corrected chi connectivity index (χ0v) is 13.6. The van der Waals surface area contributed by atoms with Gasteiger partial charge in [0.15, 0.2) is 11.6 Å². The van der Waals surface area contributed by atoms with Crippen LogP contribution in [0.5, 0.6) is 0 Å². The van der Waals surface area contributed by atoms with Crippen LogP contribution in [0.2, 0.25) is 0 Å². The van der Waals surface area contributed by atoms with Gasteiger partial charge in [0.05, 0.1) is 5.69 Å². The number of hydrogen-bond donors (Lipinski definition) is 2. The third kappa shape index (κ3) is 3.25. The molecule has 0 aliphatic carbocycles. The van der Waals surface area contributed by atoms with E-state index >= 15 is 0 Å². The van der Waals surface area contributed by atoms with Gasteiger partial charge in [0.2, 0.25) is 0 Å². The summed E-state index contributed by atoms with van der Waals surface area (Å²) in [5.41, 5.74) is 6.57. The molecule has 3 N–H and O–H groups in total. The predicted octanol–water partition coefficient (Wildman–Crippen LogP) is 3.85. The number of nitrogens with zero attached hydrogens (tertiary/aromatic N) is 3. The SMILES string of the molecule is CCC1CCCCN1c1ncnc(Nc2cc(F)ccc2F)c1N. The molecule has 1 aromatic carbocycles. The van der Waals surface area contributed by atoms with Gasteiger partial charge in [-0.2, -0.15) is 0 Å². The van der Waals surface area contributed by atoms with E-state index in [4.69, 9.17) is 5.73 Å². The fraction of sp³-hybridized carbons (Fsp3) is 0.412. The molecule has 0 saturated carbocycles. The van der Waals surface area contributed by atoms with Gasteiger partial charge in [-0.3, -0.25) is 0 Å². The second kappa shape index (κ2) is 6.98. The van der Waals surface area contributed by atoms with E-state index in [1.165, 1.54) is 12.7 Å². The summed E-state index contributed by atoms with van der Waals surface area (Å²) in [5.74, 6) is -0.171. The Morgan fingerprint density at radius 1 is 1.29 bits per heavy atom. The molecule has 1 aliphatic rings. The first-order chi connectivity index (χ1) is 11.6. The number of halogens is 2. The van der Waals surface area contributed by atoms with Crippen LogP contribution in [0, 0.1) is 11.6 Å². The number of hydrogen-bond acceptors (Lipinski definition) is 5. The minimum absolute atomic E-state index is 0.00274. The molecule has 2 aromatic rings. The van der Waals surface area contributed by atoms with Gasteiger partial charge in [0.1, 0.15) is 23.6 Å². The summed E-state index contributed by atoms with van der Waals surface area (Å²) in [6.07, 6.45) is 5.78. The van der Waals surface area contributed by atoms with Crippen LogP contribution >= 0.6 is 0 Å². The molecule has 5 nitrogen and oxygen atoms in total. The third-order valence-corrected chi connectivity index (χ3v) is 4.41. The van der Waals surface area contributed by atoms with E-state index in [9.17, 15) is 8.78 Å². The molecule has 0 spiro atoms. The van der Waals surface area contributed by atoms with Crippen molar-refractivity contribution in [3.63, 3.8) is 0 Å². The van der Waals surface area contributed by atoms with E-state index in [0.717, 1.165) is 44.0 Å². The highest BCUT2D eigenvalue weighted by Crippen LogP contribution is 2.33. The Labute approximate surface area is 139 Å². The molecule has 24 heavy (non-hydrogen) atoms. The summed E-state index contributed by atoms with van der Waals surface area (Å²) in [4.78, 5) is 10.6. The van der Waals surface area contributed by atoms with Gasteiger partial charge in [-0.1, -0.05) is 6.92 Å². The monoisotopic (exact) mass is 333 g/mol. The molecule has 1 saturated heterocycles. The van der Waals surface area contributed by atoms with Crippen LogP contribution in [0.25, 0.3) is 0 Å². The lowest BCUT2D eigenvalue weighted by molar-refractivity contribution is 0.447. The Balaban J connectivity index is 1.92. The first-order valence-electron chi connectivity index (χ1n) is 8.19. The zero-order valence-electron chi connectivity index (χ0n) is 13.6. The fourth-order valence-corrected chi connectivity index (χ4v) is 3.14. The van der Waals surface area contributed by atoms with Crippen molar-refractivity contribution in [2.75, 3.05) is 22.5 Å². The van der Waals surface area contributed by atoms with Crippen LogP contribution in [0.3, 0.4) is 0 Å². The van der Waals surface area contributed by atoms with Crippen LogP contribution in [0.15, 0.2) is 24.5 Å². The number of aromatic nitrogens is 2. The highest BCUT2D eigenvalue weighted by molar-refractivity contribution is 5.78. The van der Waals surface area contributed by atoms with Crippen molar-refractivity contribution in [2.45, 2.75) is 38.6 Å².